The van der Waals surface area contributed by atoms with Gasteiger partial charge in [-0.05, 0) is 37.9 Å². The SMILES string of the molecule is NCCC1CCCCN1S(=O)(=O)c1ccc2c(c1)OCCO2. The summed E-state index contributed by atoms with van der Waals surface area (Å²) in [6, 6.07) is 4.83. The van der Waals surface area contributed by atoms with E-state index in [9.17, 15) is 8.42 Å². The van der Waals surface area contributed by atoms with Crippen molar-refractivity contribution in [1.29, 1.82) is 0 Å². The summed E-state index contributed by atoms with van der Waals surface area (Å²) < 4.78 is 38.4. The van der Waals surface area contributed by atoms with Crippen molar-refractivity contribution in [3.8, 4) is 11.5 Å². The van der Waals surface area contributed by atoms with Crippen molar-refractivity contribution in [2.45, 2.75) is 36.6 Å². The maximum absolute atomic E-state index is 12.9. The number of hydrogen-bond donors (Lipinski definition) is 1. The number of sulfonamides is 1. The van der Waals surface area contributed by atoms with E-state index in [1.165, 1.54) is 0 Å². The molecule has 1 fully saturated rings. The number of rotatable bonds is 4. The lowest BCUT2D eigenvalue weighted by Gasteiger charge is -2.34. The van der Waals surface area contributed by atoms with E-state index in [2.05, 4.69) is 0 Å². The molecule has 0 amide bonds. The Hall–Kier alpha value is -1.31. The van der Waals surface area contributed by atoms with E-state index in [1.807, 2.05) is 0 Å². The highest BCUT2D eigenvalue weighted by atomic mass is 32.2. The third-order valence-electron chi connectivity index (χ3n) is 4.19. The van der Waals surface area contributed by atoms with E-state index < -0.39 is 10.0 Å². The van der Waals surface area contributed by atoms with Crippen LogP contribution < -0.4 is 15.2 Å². The summed E-state index contributed by atoms with van der Waals surface area (Å²) >= 11 is 0. The van der Waals surface area contributed by atoms with E-state index in [0.717, 1.165) is 19.3 Å². The van der Waals surface area contributed by atoms with Gasteiger partial charge in [0.05, 0.1) is 4.90 Å². The van der Waals surface area contributed by atoms with Crippen molar-refractivity contribution in [2.75, 3.05) is 26.3 Å². The van der Waals surface area contributed by atoms with Crippen molar-refractivity contribution in [2.24, 2.45) is 5.73 Å². The third-order valence-corrected chi connectivity index (χ3v) is 6.14. The normalized spacial score (nSPS) is 22.5. The van der Waals surface area contributed by atoms with Gasteiger partial charge in [-0.15, -0.1) is 0 Å². The van der Waals surface area contributed by atoms with E-state index in [-0.39, 0.29) is 10.9 Å². The quantitative estimate of drug-likeness (QED) is 0.903. The van der Waals surface area contributed by atoms with Gasteiger partial charge in [0, 0.05) is 18.7 Å². The zero-order chi connectivity index (χ0) is 15.6. The molecule has 2 heterocycles. The number of fused-ring (bicyclic) bond motifs is 1. The van der Waals surface area contributed by atoms with Gasteiger partial charge in [0.2, 0.25) is 10.0 Å². The van der Waals surface area contributed by atoms with Crippen LogP contribution in [0.2, 0.25) is 0 Å². The molecule has 0 saturated carbocycles. The molecule has 0 bridgehead atoms. The van der Waals surface area contributed by atoms with E-state index in [1.54, 1.807) is 22.5 Å². The first-order valence-electron chi connectivity index (χ1n) is 7.74. The van der Waals surface area contributed by atoms with Gasteiger partial charge < -0.3 is 15.2 Å². The summed E-state index contributed by atoms with van der Waals surface area (Å²) in [5.74, 6) is 1.10. The minimum Gasteiger partial charge on any atom is -0.486 e. The predicted octanol–water partition coefficient (Wildman–Crippen LogP) is 1.35. The summed E-state index contributed by atoms with van der Waals surface area (Å²) in [7, 11) is -3.52. The van der Waals surface area contributed by atoms with Crippen LogP contribution in [0, 0.1) is 0 Å². The lowest BCUT2D eigenvalue weighted by Crippen LogP contribution is -2.44. The largest absolute Gasteiger partial charge is 0.486 e. The van der Waals surface area contributed by atoms with E-state index in [0.29, 0.717) is 44.2 Å². The fourth-order valence-electron chi connectivity index (χ4n) is 3.09. The van der Waals surface area contributed by atoms with Crippen LogP contribution in [0.3, 0.4) is 0 Å². The van der Waals surface area contributed by atoms with Crippen molar-refractivity contribution in [3.63, 3.8) is 0 Å². The molecule has 2 aliphatic rings. The number of nitrogens with zero attached hydrogens (tertiary/aromatic N) is 1. The molecule has 2 aliphatic heterocycles. The maximum atomic E-state index is 12.9. The summed E-state index contributed by atoms with van der Waals surface area (Å²) in [6.07, 6.45) is 3.52. The van der Waals surface area contributed by atoms with Crippen LogP contribution in [0.25, 0.3) is 0 Å². The lowest BCUT2D eigenvalue weighted by molar-refractivity contribution is 0.171. The molecule has 1 atom stereocenters. The van der Waals surface area contributed by atoms with Crippen LogP contribution in [0.4, 0.5) is 0 Å². The van der Waals surface area contributed by atoms with E-state index in [4.69, 9.17) is 15.2 Å². The Morgan fingerprint density at radius 3 is 2.73 bits per heavy atom. The molecule has 6 nitrogen and oxygen atoms in total. The highest BCUT2D eigenvalue weighted by Gasteiger charge is 2.33. The zero-order valence-corrected chi connectivity index (χ0v) is 13.3. The van der Waals surface area contributed by atoms with Gasteiger partial charge in [-0.3, -0.25) is 0 Å². The molecule has 3 rings (SSSR count). The standard InChI is InChI=1S/C15H22N2O4S/c16-7-6-12-3-1-2-8-17(12)22(18,19)13-4-5-14-15(11-13)21-10-9-20-14/h4-5,11-12H,1-3,6-10,16H2. The molecule has 0 spiro atoms. The Morgan fingerprint density at radius 2 is 1.95 bits per heavy atom. The molecule has 2 N–H and O–H groups in total. The minimum atomic E-state index is -3.52. The Kier molecular flexibility index (Phi) is 4.56. The second kappa shape index (κ2) is 6.44. The van der Waals surface area contributed by atoms with Crippen LogP contribution in [0.15, 0.2) is 23.1 Å². The van der Waals surface area contributed by atoms with Crippen LogP contribution in [0.1, 0.15) is 25.7 Å². The van der Waals surface area contributed by atoms with Gasteiger partial charge >= 0.3 is 0 Å². The van der Waals surface area contributed by atoms with Crippen LogP contribution in [0.5, 0.6) is 11.5 Å². The molecular weight excluding hydrogens is 304 g/mol. The molecule has 1 aromatic carbocycles. The van der Waals surface area contributed by atoms with Crippen molar-refractivity contribution < 1.29 is 17.9 Å². The van der Waals surface area contributed by atoms with Gasteiger partial charge in [-0.1, -0.05) is 6.42 Å². The Labute approximate surface area is 131 Å². The van der Waals surface area contributed by atoms with Gasteiger partial charge in [-0.25, -0.2) is 8.42 Å². The molecule has 7 heteroatoms. The van der Waals surface area contributed by atoms with Crippen LogP contribution in [-0.4, -0.2) is 45.1 Å². The van der Waals surface area contributed by atoms with Gasteiger partial charge in [0.15, 0.2) is 11.5 Å². The Bertz CT molecular complexity index is 630. The highest BCUT2D eigenvalue weighted by Crippen LogP contribution is 2.34. The number of hydrogen-bond acceptors (Lipinski definition) is 5. The topological polar surface area (TPSA) is 81.9 Å². The fourth-order valence-corrected chi connectivity index (χ4v) is 4.83. The fraction of sp³-hybridized carbons (Fsp3) is 0.600. The van der Waals surface area contributed by atoms with Crippen molar-refractivity contribution in [1.82, 2.24) is 4.31 Å². The summed E-state index contributed by atoms with van der Waals surface area (Å²) in [5.41, 5.74) is 5.64. The molecule has 0 radical (unpaired) electrons. The summed E-state index contributed by atoms with van der Waals surface area (Å²) in [6.45, 7) is 1.99. The number of benzene rings is 1. The van der Waals surface area contributed by atoms with Crippen LogP contribution in [-0.2, 0) is 10.0 Å². The van der Waals surface area contributed by atoms with Gasteiger partial charge in [0.25, 0.3) is 0 Å². The Balaban J connectivity index is 1.91. The van der Waals surface area contributed by atoms with Crippen molar-refractivity contribution in [3.05, 3.63) is 18.2 Å². The first kappa shape index (κ1) is 15.6. The highest BCUT2D eigenvalue weighted by molar-refractivity contribution is 7.89. The third kappa shape index (κ3) is 2.93. The van der Waals surface area contributed by atoms with Crippen molar-refractivity contribution >= 4 is 10.0 Å². The number of nitrogens with two attached hydrogens (primary N) is 1. The lowest BCUT2D eigenvalue weighted by atomic mass is 10.0. The molecule has 1 unspecified atom stereocenters. The summed E-state index contributed by atoms with van der Waals surface area (Å²) in [4.78, 5) is 0.265. The van der Waals surface area contributed by atoms with Crippen LogP contribution >= 0.6 is 0 Å². The Morgan fingerprint density at radius 1 is 1.18 bits per heavy atom. The van der Waals surface area contributed by atoms with E-state index >= 15 is 0 Å². The molecule has 122 valence electrons. The monoisotopic (exact) mass is 326 g/mol. The van der Waals surface area contributed by atoms with Gasteiger partial charge in [-0.2, -0.15) is 4.31 Å². The molecule has 22 heavy (non-hydrogen) atoms. The first-order chi connectivity index (χ1) is 10.6. The average molecular weight is 326 g/mol. The maximum Gasteiger partial charge on any atom is 0.243 e. The molecule has 0 aromatic heterocycles. The number of piperidine rings is 1. The molecular formula is C15H22N2O4S. The van der Waals surface area contributed by atoms with Gasteiger partial charge in [0.1, 0.15) is 13.2 Å². The molecule has 1 saturated heterocycles. The summed E-state index contributed by atoms with van der Waals surface area (Å²) in [5, 5.41) is 0. The minimum absolute atomic E-state index is 0.00282. The molecule has 1 aromatic rings. The molecule has 0 aliphatic carbocycles. The second-order valence-electron chi connectivity index (χ2n) is 5.65. The smallest absolute Gasteiger partial charge is 0.243 e. The number of ether oxygens (including phenoxy) is 2. The second-order valence-corrected chi connectivity index (χ2v) is 7.54. The average Bonchev–Trinajstić information content (AvgIpc) is 2.55. The predicted molar refractivity (Wildman–Crippen MR) is 82.6 cm³/mol. The first-order valence-corrected chi connectivity index (χ1v) is 9.18. The zero-order valence-electron chi connectivity index (χ0n) is 12.5.